The van der Waals surface area contributed by atoms with Crippen molar-refractivity contribution in [2.24, 2.45) is 5.92 Å². The molecule has 0 spiro atoms. The van der Waals surface area contributed by atoms with Crippen LogP contribution in [0.3, 0.4) is 0 Å². The number of amides is 1. The molecule has 238 valence electrons. The van der Waals surface area contributed by atoms with Crippen LogP contribution >= 0.6 is 23.2 Å². The van der Waals surface area contributed by atoms with Gasteiger partial charge in [-0.05, 0) is 80.0 Å². The number of methoxy groups -OCH3 is 1. The Bertz CT molecular complexity index is 1550. The standard InChI is InChI=1S/C32H38Cl2N2O7S/c1-20(33)26(21(2)34)18-29(23-13-14-28(41-5)30(17-23)42-19-22-11-12-22)43-32(38)27-10-7-15-36(27)44(39,40)25-9-6-8-24(16-25)31(37)35(3)4/h6,8-9,13-14,16-17,22,27,29H,1,7,10-12,15,18-19H2,2-5H3/b26-21+/t27-,29?/m0/s1. The zero-order valence-electron chi connectivity index (χ0n) is 25.3. The van der Waals surface area contributed by atoms with Crippen LogP contribution in [-0.2, 0) is 19.6 Å². The largest absolute Gasteiger partial charge is 0.493 e. The van der Waals surface area contributed by atoms with E-state index in [0.29, 0.717) is 46.6 Å². The number of hydrogen-bond acceptors (Lipinski definition) is 7. The molecule has 9 nitrogen and oxygen atoms in total. The summed E-state index contributed by atoms with van der Waals surface area (Å²) in [6.07, 6.45) is 2.18. The lowest BCUT2D eigenvalue weighted by atomic mass is 10.00. The number of benzene rings is 2. The second-order valence-electron chi connectivity index (χ2n) is 11.2. The lowest BCUT2D eigenvalue weighted by molar-refractivity contribution is -0.153. The highest BCUT2D eigenvalue weighted by molar-refractivity contribution is 7.89. The van der Waals surface area contributed by atoms with E-state index in [9.17, 15) is 18.0 Å². The molecule has 0 bridgehead atoms. The molecule has 1 unspecified atom stereocenters. The van der Waals surface area contributed by atoms with Crippen LogP contribution in [-0.4, -0.2) is 69.9 Å². The molecule has 1 saturated carbocycles. The highest BCUT2D eigenvalue weighted by Gasteiger charge is 2.41. The molecule has 44 heavy (non-hydrogen) atoms. The first-order chi connectivity index (χ1) is 20.8. The van der Waals surface area contributed by atoms with Gasteiger partial charge >= 0.3 is 5.97 Å². The third kappa shape index (κ3) is 7.96. The fraction of sp³-hybridized carbons (Fsp3) is 0.438. The van der Waals surface area contributed by atoms with Crippen LogP contribution in [0.5, 0.6) is 11.5 Å². The van der Waals surface area contributed by atoms with E-state index in [0.717, 1.165) is 17.1 Å². The molecular weight excluding hydrogens is 627 g/mol. The molecule has 0 N–H and O–H groups in total. The third-order valence-corrected chi connectivity index (χ3v) is 10.1. The van der Waals surface area contributed by atoms with Gasteiger partial charge in [0.2, 0.25) is 10.0 Å². The van der Waals surface area contributed by atoms with Crippen molar-refractivity contribution in [3.8, 4) is 11.5 Å². The van der Waals surface area contributed by atoms with E-state index < -0.39 is 28.1 Å². The Hall–Kier alpha value is -3.05. The molecular formula is C32H38Cl2N2O7S. The molecule has 1 aliphatic heterocycles. The quantitative estimate of drug-likeness (QED) is 0.183. The van der Waals surface area contributed by atoms with E-state index in [2.05, 4.69) is 6.58 Å². The number of allylic oxidation sites excluding steroid dienone is 2. The lowest BCUT2D eigenvalue weighted by Gasteiger charge is -2.27. The van der Waals surface area contributed by atoms with Gasteiger partial charge in [0.05, 0.1) is 18.6 Å². The van der Waals surface area contributed by atoms with Gasteiger partial charge in [0.1, 0.15) is 12.1 Å². The lowest BCUT2D eigenvalue weighted by Crippen LogP contribution is -2.41. The van der Waals surface area contributed by atoms with Crippen molar-refractivity contribution in [2.45, 2.75) is 56.1 Å². The van der Waals surface area contributed by atoms with E-state index in [4.69, 9.17) is 37.4 Å². The van der Waals surface area contributed by atoms with E-state index in [-0.39, 0.29) is 40.8 Å². The Morgan fingerprint density at radius 2 is 1.82 bits per heavy atom. The molecule has 12 heteroatoms. The van der Waals surface area contributed by atoms with Gasteiger partial charge < -0.3 is 19.1 Å². The first-order valence-electron chi connectivity index (χ1n) is 14.4. The number of carbonyl (C=O) groups excluding carboxylic acids is 2. The van der Waals surface area contributed by atoms with E-state index in [1.165, 1.54) is 23.1 Å². The van der Waals surface area contributed by atoms with Gasteiger partial charge in [0.25, 0.3) is 5.91 Å². The maximum absolute atomic E-state index is 13.8. The molecule has 2 aliphatic rings. The first kappa shape index (κ1) is 33.8. The smallest absolute Gasteiger partial charge is 0.325 e. The van der Waals surface area contributed by atoms with E-state index in [1.54, 1.807) is 52.4 Å². The minimum Gasteiger partial charge on any atom is -0.493 e. The van der Waals surface area contributed by atoms with E-state index in [1.807, 2.05) is 0 Å². The monoisotopic (exact) mass is 664 g/mol. The summed E-state index contributed by atoms with van der Waals surface area (Å²) < 4.78 is 46.3. The summed E-state index contributed by atoms with van der Waals surface area (Å²) in [6, 6.07) is 9.99. The van der Waals surface area contributed by atoms with Crippen LogP contribution in [0.2, 0.25) is 0 Å². The molecule has 2 aromatic rings. The molecule has 2 aromatic carbocycles. The normalized spacial score (nSPS) is 18.3. The number of halogens is 2. The number of carbonyl (C=O) groups is 2. The molecule has 2 fully saturated rings. The Kier molecular flexibility index (Phi) is 11.0. The van der Waals surface area contributed by atoms with Crippen LogP contribution in [0.4, 0.5) is 0 Å². The van der Waals surface area contributed by atoms with Crippen LogP contribution in [0, 0.1) is 5.92 Å². The zero-order valence-corrected chi connectivity index (χ0v) is 27.7. The average molecular weight is 666 g/mol. The Morgan fingerprint density at radius 1 is 1.09 bits per heavy atom. The predicted molar refractivity (Wildman–Crippen MR) is 170 cm³/mol. The summed E-state index contributed by atoms with van der Waals surface area (Å²) in [6.45, 7) is 6.16. The maximum Gasteiger partial charge on any atom is 0.325 e. The van der Waals surface area contributed by atoms with Crippen molar-refractivity contribution in [1.82, 2.24) is 9.21 Å². The predicted octanol–water partition coefficient (Wildman–Crippen LogP) is 6.28. The summed E-state index contributed by atoms with van der Waals surface area (Å²) in [5.41, 5.74) is 1.33. The van der Waals surface area contributed by atoms with Gasteiger partial charge in [0.15, 0.2) is 11.5 Å². The molecule has 2 atom stereocenters. The summed E-state index contributed by atoms with van der Waals surface area (Å²) in [4.78, 5) is 27.6. The first-order valence-corrected chi connectivity index (χ1v) is 16.6. The highest BCUT2D eigenvalue weighted by Crippen LogP contribution is 2.39. The zero-order chi connectivity index (χ0) is 32.2. The van der Waals surface area contributed by atoms with Crippen LogP contribution < -0.4 is 9.47 Å². The maximum atomic E-state index is 13.8. The molecule has 1 heterocycles. The fourth-order valence-corrected chi connectivity index (χ4v) is 7.17. The molecule has 1 saturated heterocycles. The SMILES string of the molecule is C=C(Cl)/C(CC(OC(=O)[C@@H]1CCCN1S(=O)(=O)c1cccc(C(=O)N(C)C)c1)c1ccc(OC)c(OCC2CC2)c1)=C(\C)Cl. The van der Waals surface area contributed by atoms with Crippen molar-refractivity contribution in [3.05, 3.63) is 75.8 Å². The van der Waals surface area contributed by atoms with Crippen LogP contribution in [0.25, 0.3) is 0 Å². The number of rotatable bonds is 13. The summed E-state index contributed by atoms with van der Waals surface area (Å²) in [7, 11) is 0.591. The van der Waals surface area contributed by atoms with Crippen LogP contribution in [0.1, 0.15) is 61.1 Å². The Labute approximate surface area is 269 Å². The van der Waals surface area contributed by atoms with Gasteiger partial charge in [0, 0.05) is 42.7 Å². The molecule has 1 amide bonds. The highest BCUT2D eigenvalue weighted by atomic mass is 35.5. The molecule has 0 radical (unpaired) electrons. The molecule has 1 aliphatic carbocycles. The van der Waals surface area contributed by atoms with Crippen molar-refractivity contribution >= 4 is 45.1 Å². The number of esters is 1. The minimum absolute atomic E-state index is 0.0736. The number of nitrogens with zero attached hydrogens (tertiary/aromatic N) is 2. The van der Waals surface area contributed by atoms with Gasteiger partial charge in [-0.2, -0.15) is 4.31 Å². The fourth-order valence-electron chi connectivity index (χ4n) is 5.02. The minimum atomic E-state index is -4.13. The Balaban J connectivity index is 1.64. The summed E-state index contributed by atoms with van der Waals surface area (Å²) >= 11 is 12.6. The van der Waals surface area contributed by atoms with E-state index >= 15 is 0 Å². The van der Waals surface area contributed by atoms with Gasteiger partial charge in [-0.3, -0.25) is 9.59 Å². The average Bonchev–Trinajstić information content (AvgIpc) is 3.68. The third-order valence-electron chi connectivity index (χ3n) is 7.69. The van der Waals surface area contributed by atoms with Gasteiger partial charge in [-0.25, -0.2) is 8.42 Å². The molecule has 4 rings (SSSR count). The van der Waals surface area contributed by atoms with Gasteiger partial charge in [-0.1, -0.05) is 41.9 Å². The van der Waals surface area contributed by atoms with Crippen molar-refractivity contribution in [3.63, 3.8) is 0 Å². The Morgan fingerprint density at radius 3 is 2.43 bits per heavy atom. The summed E-state index contributed by atoms with van der Waals surface area (Å²) in [5, 5.41) is 0.594. The molecule has 0 aromatic heterocycles. The van der Waals surface area contributed by atoms with Crippen molar-refractivity contribution in [1.29, 1.82) is 0 Å². The number of sulfonamides is 1. The van der Waals surface area contributed by atoms with Crippen molar-refractivity contribution < 1.29 is 32.2 Å². The summed E-state index contributed by atoms with van der Waals surface area (Å²) in [5.74, 6) is 0.504. The number of hydrogen-bond donors (Lipinski definition) is 0. The second-order valence-corrected chi connectivity index (χ2v) is 14.1. The van der Waals surface area contributed by atoms with Crippen LogP contribution in [0.15, 0.2) is 69.6 Å². The van der Waals surface area contributed by atoms with Gasteiger partial charge in [-0.15, -0.1) is 0 Å². The second kappa shape index (κ2) is 14.4. The number of ether oxygens (including phenoxy) is 3. The topological polar surface area (TPSA) is 102 Å². The van der Waals surface area contributed by atoms with Crippen molar-refractivity contribution in [2.75, 3.05) is 34.4 Å².